The third-order valence-electron chi connectivity index (χ3n) is 5.40. The first kappa shape index (κ1) is 24.3. The fraction of sp³-hybridized carbons (Fsp3) is 0.214. The van der Waals surface area contributed by atoms with Crippen LogP contribution in [0.5, 0.6) is 0 Å². The Kier molecular flexibility index (Phi) is 9.76. The monoisotopic (exact) mass is 479 g/mol. The van der Waals surface area contributed by atoms with E-state index < -0.39 is 7.26 Å². The number of hydrogen-bond acceptors (Lipinski definition) is 0. The van der Waals surface area contributed by atoms with Gasteiger partial charge in [0.15, 0.2) is 0 Å². The number of benzene rings is 3. The molecule has 156 valence electrons. The highest BCUT2D eigenvalue weighted by atomic mass is 79.9. The van der Waals surface area contributed by atoms with E-state index in [9.17, 15) is 0 Å². The molecule has 0 radical (unpaired) electrons. The summed E-state index contributed by atoms with van der Waals surface area (Å²) in [5.74, 6) is 0. The number of hydrogen-bond donors (Lipinski definition) is 0. The highest BCUT2D eigenvalue weighted by molar-refractivity contribution is 8.93. The van der Waals surface area contributed by atoms with Gasteiger partial charge in [-0.2, -0.15) is 0 Å². The van der Waals surface area contributed by atoms with Crippen LogP contribution >= 0.6 is 24.2 Å². The summed E-state index contributed by atoms with van der Waals surface area (Å²) in [6.07, 6.45) is 8.15. The van der Waals surface area contributed by atoms with Gasteiger partial charge in [0.1, 0.15) is 23.2 Å². The first-order valence-corrected chi connectivity index (χ1v) is 12.4. The van der Waals surface area contributed by atoms with Crippen molar-refractivity contribution in [2.24, 2.45) is 0 Å². The Labute approximate surface area is 193 Å². The topological polar surface area (TPSA) is 0 Å². The molecular formula is C28H33BrP+. The van der Waals surface area contributed by atoms with Crippen LogP contribution in [0.3, 0.4) is 0 Å². The van der Waals surface area contributed by atoms with Gasteiger partial charge in [-0.15, -0.1) is 17.0 Å². The Bertz CT molecular complexity index is 843. The van der Waals surface area contributed by atoms with Gasteiger partial charge in [-0.05, 0) is 76.1 Å². The van der Waals surface area contributed by atoms with Crippen LogP contribution in [-0.4, -0.2) is 6.16 Å². The molecule has 30 heavy (non-hydrogen) atoms. The van der Waals surface area contributed by atoms with Gasteiger partial charge in [0, 0.05) is 0 Å². The van der Waals surface area contributed by atoms with Crippen molar-refractivity contribution in [2.75, 3.05) is 6.16 Å². The lowest BCUT2D eigenvalue weighted by Crippen LogP contribution is -2.33. The second-order valence-electron chi connectivity index (χ2n) is 7.87. The molecule has 0 spiro atoms. The predicted molar refractivity (Wildman–Crippen MR) is 143 cm³/mol. The number of allylic oxidation sites excluding steroid dienone is 4. The maximum Gasteiger partial charge on any atom is 0.115 e. The lowest BCUT2D eigenvalue weighted by molar-refractivity contribution is 0.964. The quantitative estimate of drug-likeness (QED) is 0.235. The van der Waals surface area contributed by atoms with Crippen molar-refractivity contribution >= 4 is 40.2 Å². The van der Waals surface area contributed by atoms with Crippen LogP contribution in [0.25, 0.3) is 0 Å². The summed E-state index contributed by atoms with van der Waals surface area (Å²) in [7, 11) is -1.75. The summed E-state index contributed by atoms with van der Waals surface area (Å²) in [4.78, 5) is 0. The molecule has 0 amide bonds. The molecule has 3 aromatic rings. The van der Waals surface area contributed by atoms with Crippen molar-refractivity contribution in [3.05, 3.63) is 114 Å². The molecule has 0 nitrogen and oxygen atoms in total. The minimum absolute atomic E-state index is 0. The lowest BCUT2D eigenvalue weighted by atomic mass is 10.1. The SMILES string of the molecule is Br.CC(C)=CCC/C(C)=C/C[P+](c1ccccc1)(c1ccccc1)c1ccccc1. The van der Waals surface area contributed by atoms with Gasteiger partial charge < -0.3 is 0 Å². The van der Waals surface area contributed by atoms with Crippen molar-refractivity contribution in [2.45, 2.75) is 33.6 Å². The van der Waals surface area contributed by atoms with Gasteiger partial charge in [-0.3, -0.25) is 0 Å². The second kappa shape index (κ2) is 12.0. The van der Waals surface area contributed by atoms with E-state index in [1.165, 1.54) is 27.1 Å². The van der Waals surface area contributed by atoms with Crippen LogP contribution in [0.4, 0.5) is 0 Å². The molecule has 0 unspecified atom stereocenters. The molecule has 3 rings (SSSR count). The van der Waals surface area contributed by atoms with Gasteiger partial charge >= 0.3 is 0 Å². The average molecular weight is 480 g/mol. The fourth-order valence-corrected chi connectivity index (χ4v) is 7.95. The van der Waals surface area contributed by atoms with E-state index in [1.54, 1.807) is 0 Å². The largest absolute Gasteiger partial charge is 0.115 e. The van der Waals surface area contributed by atoms with E-state index in [0.29, 0.717) is 0 Å². The van der Waals surface area contributed by atoms with Crippen molar-refractivity contribution in [1.82, 2.24) is 0 Å². The average Bonchev–Trinajstić information content (AvgIpc) is 2.76. The lowest BCUT2D eigenvalue weighted by Gasteiger charge is -2.27. The molecule has 0 saturated carbocycles. The van der Waals surface area contributed by atoms with Crippen molar-refractivity contribution in [1.29, 1.82) is 0 Å². The first-order valence-electron chi connectivity index (χ1n) is 10.5. The second-order valence-corrected chi connectivity index (χ2v) is 11.4. The van der Waals surface area contributed by atoms with Crippen molar-refractivity contribution in [3.8, 4) is 0 Å². The minimum atomic E-state index is -1.75. The zero-order valence-electron chi connectivity index (χ0n) is 18.3. The Morgan fingerprint density at radius 1 is 0.633 bits per heavy atom. The molecule has 0 bridgehead atoms. The predicted octanol–water partition coefficient (Wildman–Crippen LogP) is 7.25. The summed E-state index contributed by atoms with van der Waals surface area (Å²) >= 11 is 0. The van der Waals surface area contributed by atoms with Crippen LogP contribution in [-0.2, 0) is 0 Å². The van der Waals surface area contributed by atoms with Gasteiger partial charge in [0.05, 0.1) is 6.16 Å². The first-order chi connectivity index (χ1) is 14.1. The molecule has 0 N–H and O–H groups in total. The molecular weight excluding hydrogens is 447 g/mol. The molecule has 0 fully saturated rings. The van der Waals surface area contributed by atoms with Gasteiger partial charge in [0.25, 0.3) is 0 Å². The Hall–Kier alpha value is -1.95. The summed E-state index contributed by atoms with van der Waals surface area (Å²) in [6, 6.07) is 33.4. The minimum Gasteiger partial charge on any atom is -0.114 e. The maximum absolute atomic E-state index is 2.50. The van der Waals surface area contributed by atoms with Crippen LogP contribution in [0.15, 0.2) is 114 Å². The van der Waals surface area contributed by atoms with Gasteiger partial charge in [-0.1, -0.05) is 71.8 Å². The van der Waals surface area contributed by atoms with E-state index in [0.717, 1.165) is 19.0 Å². The number of rotatable bonds is 8. The Morgan fingerprint density at radius 3 is 1.40 bits per heavy atom. The van der Waals surface area contributed by atoms with Gasteiger partial charge in [0.2, 0.25) is 0 Å². The Balaban J connectivity index is 0.00000320. The normalized spacial score (nSPS) is 11.5. The molecule has 0 atom stereocenters. The van der Waals surface area contributed by atoms with Crippen molar-refractivity contribution < 1.29 is 0 Å². The highest BCUT2D eigenvalue weighted by Gasteiger charge is 2.44. The third kappa shape index (κ3) is 6.03. The van der Waals surface area contributed by atoms with Crippen LogP contribution in [0, 0.1) is 0 Å². The zero-order valence-corrected chi connectivity index (χ0v) is 20.9. The zero-order chi connectivity index (χ0) is 20.5. The highest BCUT2D eigenvalue weighted by Crippen LogP contribution is 2.55. The van der Waals surface area contributed by atoms with E-state index in [1.807, 2.05) is 0 Å². The fourth-order valence-electron chi connectivity index (χ4n) is 3.79. The van der Waals surface area contributed by atoms with E-state index in [4.69, 9.17) is 0 Å². The molecule has 0 aliphatic carbocycles. The van der Waals surface area contributed by atoms with Crippen LogP contribution in [0.1, 0.15) is 33.6 Å². The standard InChI is InChI=1S/C28H32P.BrH/c1-24(2)14-13-15-25(3)22-23-29(26-16-7-4-8-17-26,27-18-9-5-10-19-27)28-20-11-6-12-21-28;/h4-12,14,16-22H,13,15,23H2,1-3H3;1H/q+1;/b25-22+;. The summed E-state index contributed by atoms with van der Waals surface area (Å²) < 4.78 is 0. The molecule has 3 aromatic carbocycles. The van der Waals surface area contributed by atoms with E-state index >= 15 is 0 Å². The van der Waals surface area contributed by atoms with E-state index in [-0.39, 0.29) is 17.0 Å². The van der Waals surface area contributed by atoms with Gasteiger partial charge in [-0.25, -0.2) is 0 Å². The summed E-state index contributed by atoms with van der Waals surface area (Å²) in [5, 5.41) is 4.35. The molecule has 0 heterocycles. The molecule has 0 aliphatic rings. The summed E-state index contributed by atoms with van der Waals surface area (Å²) in [6.45, 7) is 6.64. The molecule has 2 heteroatoms. The van der Waals surface area contributed by atoms with Crippen LogP contribution in [0.2, 0.25) is 0 Å². The van der Waals surface area contributed by atoms with E-state index in [2.05, 4.69) is 124 Å². The van der Waals surface area contributed by atoms with Crippen LogP contribution < -0.4 is 15.9 Å². The molecule has 0 aliphatic heterocycles. The maximum atomic E-state index is 2.50. The third-order valence-corrected chi connectivity index (χ3v) is 9.67. The van der Waals surface area contributed by atoms with Crippen molar-refractivity contribution in [3.63, 3.8) is 0 Å². The smallest absolute Gasteiger partial charge is 0.114 e. The molecule has 0 saturated heterocycles. The molecule has 0 aromatic heterocycles. The number of halogens is 1. The Morgan fingerprint density at radius 2 is 1.03 bits per heavy atom. The summed E-state index contributed by atoms with van der Waals surface area (Å²) in [5.41, 5.74) is 2.88.